The molecular weight excluding hydrogens is 358 g/mol. The van der Waals surface area contributed by atoms with Gasteiger partial charge >= 0.3 is 0 Å². The van der Waals surface area contributed by atoms with Gasteiger partial charge in [-0.15, -0.1) is 0 Å². The standard InChI is InChI=1S/C17H20ClN5O3/c1-26-13-4-2-12(3-5-13)20-15(24)11-22-6-8-23(9-7-22)14-10-19-21-17(25)16(14)18/h2-5,10H,6-9,11H2,1H3,(H,20,24)(H,21,25). The number of amides is 1. The molecule has 1 aliphatic rings. The summed E-state index contributed by atoms with van der Waals surface area (Å²) >= 11 is 6.05. The van der Waals surface area contributed by atoms with E-state index in [9.17, 15) is 9.59 Å². The van der Waals surface area contributed by atoms with Crippen LogP contribution in [0.4, 0.5) is 11.4 Å². The fourth-order valence-corrected chi connectivity index (χ4v) is 3.03. The van der Waals surface area contributed by atoms with Crippen LogP contribution in [-0.2, 0) is 4.79 Å². The monoisotopic (exact) mass is 377 g/mol. The minimum atomic E-state index is -0.398. The Hall–Kier alpha value is -2.58. The molecule has 1 aliphatic heterocycles. The Morgan fingerprint density at radius 1 is 1.27 bits per heavy atom. The summed E-state index contributed by atoms with van der Waals surface area (Å²) in [5, 5.41) is 9.12. The normalized spacial score (nSPS) is 14.9. The first-order valence-electron chi connectivity index (χ1n) is 8.21. The number of nitrogens with zero attached hydrogens (tertiary/aromatic N) is 3. The van der Waals surface area contributed by atoms with Gasteiger partial charge in [0.1, 0.15) is 10.8 Å². The maximum Gasteiger partial charge on any atom is 0.285 e. The maximum absolute atomic E-state index is 12.2. The molecule has 1 saturated heterocycles. The lowest BCUT2D eigenvalue weighted by Crippen LogP contribution is -2.49. The number of nitrogens with one attached hydrogen (secondary N) is 2. The van der Waals surface area contributed by atoms with Gasteiger partial charge in [0, 0.05) is 31.9 Å². The van der Waals surface area contributed by atoms with E-state index < -0.39 is 5.56 Å². The number of aromatic nitrogens is 2. The number of hydrogen-bond acceptors (Lipinski definition) is 6. The van der Waals surface area contributed by atoms with Crippen LogP contribution in [0.15, 0.2) is 35.3 Å². The third-order valence-electron chi connectivity index (χ3n) is 4.23. The van der Waals surface area contributed by atoms with E-state index in [-0.39, 0.29) is 10.9 Å². The number of benzene rings is 1. The van der Waals surface area contributed by atoms with E-state index in [2.05, 4.69) is 20.4 Å². The summed E-state index contributed by atoms with van der Waals surface area (Å²) in [4.78, 5) is 27.8. The molecule has 138 valence electrons. The Kier molecular flexibility index (Phi) is 5.75. The summed E-state index contributed by atoms with van der Waals surface area (Å²) in [6.07, 6.45) is 1.55. The third kappa shape index (κ3) is 4.33. The predicted octanol–water partition coefficient (Wildman–Crippen LogP) is 1.19. The van der Waals surface area contributed by atoms with Crippen molar-refractivity contribution in [2.24, 2.45) is 0 Å². The highest BCUT2D eigenvalue weighted by molar-refractivity contribution is 6.33. The number of aromatic amines is 1. The van der Waals surface area contributed by atoms with Gasteiger partial charge in [-0.3, -0.25) is 14.5 Å². The minimum absolute atomic E-state index is 0.0699. The molecule has 1 aromatic carbocycles. The fourth-order valence-electron chi connectivity index (χ4n) is 2.82. The van der Waals surface area contributed by atoms with Crippen LogP contribution in [0, 0.1) is 0 Å². The zero-order valence-corrected chi connectivity index (χ0v) is 15.1. The number of piperazine rings is 1. The fraction of sp³-hybridized carbons (Fsp3) is 0.353. The van der Waals surface area contributed by atoms with Crippen molar-refractivity contribution in [1.29, 1.82) is 0 Å². The molecule has 0 unspecified atom stereocenters. The average molecular weight is 378 g/mol. The van der Waals surface area contributed by atoms with Crippen LogP contribution in [0.25, 0.3) is 0 Å². The molecule has 0 saturated carbocycles. The largest absolute Gasteiger partial charge is 0.497 e. The zero-order chi connectivity index (χ0) is 18.5. The van der Waals surface area contributed by atoms with Gasteiger partial charge < -0.3 is 15.0 Å². The number of ether oxygens (including phenoxy) is 1. The Morgan fingerprint density at radius 2 is 1.96 bits per heavy atom. The zero-order valence-electron chi connectivity index (χ0n) is 14.4. The third-order valence-corrected chi connectivity index (χ3v) is 4.60. The Bertz CT molecular complexity index is 816. The first-order chi connectivity index (χ1) is 12.6. The van der Waals surface area contributed by atoms with Gasteiger partial charge in [0.05, 0.1) is 25.5 Å². The molecule has 1 aromatic heterocycles. The average Bonchev–Trinajstić information content (AvgIpc) is 2.65. The van der Waals surface area contributed by atoms with Crippen LogP contribution in [0.3, 0.4) is 0 Å². The van der Waals surface area contributed by atoms with Crippen molar-refractivity contribution in [2.45, 2.75) is 0 Å². The molecule has 0 atom stereocenters. The van der Waals surface area contributed by atoms with Gasteiger partial charge in [-0.05, 0) is 24.3 Å². The van der Waals surface area contributed by atoms with Crippen molar-refractivity contribution in [3.8, 4) is 5.75 Å². The van der Waals surface area contributed by atoms with E-state index in [0.29, 0.717) is 38.4 Å². The molecule has 2 aromatic rings. The van der Waals surface area contributed by atoms with E-state index in [0.717, 1.165) is 11.4 Å². The summed E-state index contributed by atoms with van der Waals surface area (Å²) in [6.45, 7) is 3.03. The molecule has 0 bridgehead atoms. The van der Waals surface area contributed by atoms with E-state index in [1.165, 1.54) is 0 Å². The second kappa shape index (κ2) is 8.20. The molecule has 2 N–H and O–H groups in total. The molecule has 8 nitrogen and oxygen atoms in total. The van der Waals surface area contributed by atoms with Crippen molar-refractivity contribution in [3.05, 3.63) is 45.8 Å². The number of anilines is 2. The summed E-state index contributed by atoms with van der Waals surface area (Å²) in [6, 6.07) is 7.20. The summed E-state index contributed by atoms with van der Waals surface area (Å²) < 4.78 is 5.10. The van der Waals surface area contributed by atoms with Crippen LogP contribution < -0.4 is 20.5 Å². The second-order valence-electron chi connectivity index (χ2n) is 5.94. The molecule has 26 heavy (non-hydrogen) atoms. The highest BCUT2D eigenvalue weighted by atomic mass is 35.5. The molecule has 0 aliphatic carbocycles. The van der Waals surface area contributed by atoms with Gasteiger partial charge in [0.15, 0.2) is 0 Å². The summed E-state index contributed by atoms with van der Waals surface area (Å²) in [5.41, 5.74) is 0.957. The van der Waals surface area contributed by atoms with Crippen molar-refractivity contribution < 1.29 is 9.53 Å². The number of carbonyl (C=O) groups excluding carboxylic acids is 1. The molecule has 3 rings (SSSR count). The number of hydrogen-bond donors (Lipinski definition) is 2. The summed E-state index contributed by atoms with van der Waals surface area (Å²) in [5.74, 6) is 0.673. The molecule has 0 spiro atoms. The van der Waals surface area contributed by atoms with Crippen molar-refractivity contribution >= 4 is 28.9 Å². The van der Waals surface area contributed by atoms with E-state index >= 15 is 0 Å². The van der Waals surface area contributed by atoms with Gasteiger partial charge in [-0.25, -0.2) is 5.10 Å². The molecule has 1 fully saturated rings. The number of halogens is 1. The van der Waals surface area contributed by atoms with Crippen molar-refractivity contribution in [3.63, 3.8) is 0 Å². The maximum atomic E-state index is 12.2. The quantitative estimate of drug-likeness (QED) is 0.813. The number of methoxy groups -OCH3 is 1. The first kappa shape index (κ1) is 18.2. The van der Waals surface area contributed by atoms with Crippen molar-refractivity contribution in [1.82, 2.24) is 15.1 Å². The molecule has 2 heterocycles. The van der Waals surface area contributed by atoms with Crippen molar-refractivity contribution in [2.75, 3.05) is 50.1 Å². The first-order valence-corrected chi connectivity index (χ1v) is 8.59. The highest BCUT2D eigenvalue weighted by Gasteiger charge is 2.21. The number of H-pyrrole nitrogens is 1. The second-order valence-corrected chi connectivity index (χ2v) is 6.32. The van der Waals surface area contributed by atoms with Crippen LogP contribution in [-0.4, -0.2) is 60.8 Å². The van der Waals surface area contributed by atoms with E-state index in [4.69, 9.17) is 16.3 Å². The van der Waals surface area contributed by atoms with Crippen LogP contribution >= 0.6 is 11.6 Å². The molecule has 0 radical (unpaired) electrons. The van der Waals surface area contributed by atoms with E-state index in [1.807, 2.05) is 4.90 Å². The SMILES string of the molecule is COc1ccc(NC(=O)CN2CCN(c3cn[nH]c(=O)c3Cl)CC2)cc1. The Morgan fingerprint density at radius 3 is 2.62 bits per heavy atom. The number of carbonyl (C=O) groups is 1. The molecular formula is C17H20ClN5O3. The highest BCUT2D eigenvalue weighted by Crippen LogP contribution is 2.21. The van der Waals surface area contributed by atoms with E-state index in [1.54, 1.807) is 37.6 Å². The summed E-state index contributed by atoms with van der Waals surface area (Å²) in [7, 11) is 1.60. The lowest BCUT2D eigenvalue weighted by molar-refractivity contribution is -0.117. The van der Waals surface area contributed by atoms with Crippen LogP contribution in [0.2, 0.25) is 5.02 Å². The van der Waals surface area contributed by atoms with Gasteiger partial charge in [-0.2, -0.15) is 5.10 Å². The molecule has 9 heteroatoms. The topological polar surface area (TPSA) is 90.6 Å². The minimum Gasteiger partial charge on any atom is -0.497 e. The van der Waals surface area contributed by atoms with Crippen LogP contribution in [0.5, 0.6) is 5.75 Å². The smallest absolute Gasteiger partial charge is 0.285 e. The predicted molar refractivity (Wildman–Crippen MR) is 100 cm³/mol. The number of rotatable bonds is 5. The van der Waals surface area contributed by atoms with Gasteiger partial charge in [0.25, 0.3) is 5.56 Å². The Balaban J connectivity index is 1.51. The molecule has 1 amide bonds. The lowest BCUT2D eigenvalue weighted by atomic mass is 10.2. The van der Waals surface area contributed by atoms with Gasteiger partial charge in [-0.1, -0.05) is 11.6 Å². The van der Waals surface area contributed by atoms with Gasteiger partial charge in [0.2, 0.25) is 5.91 Å². The Labute approximate surface area is 155 Å². The lowest BCUT2D eigenvalue weighted by Gasteiger charge is -2.35. The van der Waals surface area contributed by atoms with Crippen LogP contribution in [0.1, 0.15) is 0 Å².